The average molecular weight is 591 g/mol. The number of anilines is 1. The van der Waals surface area contributed by atoms with Crippen LogP contribution in [0.15, 0.2) is 45.7 Å². The molecule has 39 heavy (non-hydrogen) atoms. The zero-order valence-electron chi connectivity index (χ0n) is 20.5. The van der Waals surface area contributed by atoms with E-state index in [-0.39, 0.29) is 46.4 Å². The molecular formula is C25H23F5N2O5S2. The van der Waals surface area contributed by atoms with E-state index in [9.17, 15) is 35.6 Å². The van der Waals surface area contributed by atoms with Gasteiger partial charge >= 0.3 is 18.1 Å². The van der Waals surface area contributed by atoms with Crippen molar-refractivity contribution in [2.75, 3.05) is 22.9 Å². The van der Waals surface area contributed by atoms with E-state index >= 15 is 4.39 Å². The minimum absolute atomic E-state index is 0.0107. The van der Waals surface area contributed by atoms with E-state index in [0.717, 1.165) is 41.7 Å². The SMILES string of the molecule is COC(=O)c1ccc2c(c1F)C1(CCS(=NC(=O)C(F)(F)F)CC1)C(C1CC1)N2S(=O)(=O)c1ccc(F)cc1. The van der Waals surface area contributed by atoms with Crippen LogP contribution in [0, 0.1) is 17.6 Å². The predicted molar refractivity (Wildman–Crippen MR) is 132 cm³/mol. The summed E-state index contributed by atoms with van der Waals surface area (Å²) in [4.78, 5) is 23.6. The lowest BCUT2D eigenvalue weighted by Gasteiger charge is -2.42. The molecule has 1 saturated carbocycles. The first-order valence-electron chi connectivity index (χ1n) is 12.0. The van der Waals surface area contributed by atoms with Gasteiger partial charge in [0.1, 0.15) is 11.6 Å². The van der Waals surface area contributed by atoms with Crippen molar-refractivity contribution in [1.29, 1.82) is 0 Å². The van der Waals surface area contributed by atoms with E-state index in [4.69, 9.17) is 4.74 Å². The Hall–Kier alpha value is -2.87. The summed E-state index contributed by atoms with van der Waals surface area (Å²) in [6.45, 7) is 0. The van der Waals surface area contributed by atoms with Gasteiger partial charge in [-0.2, -0.15) is 17.5 Å². The van der Waals surface area contributed by atoms with E-state index in [1.807, 2.05) is 0 Å². The van der Waals surface area contributed by atoms with Crippen LogP contribution < -0.4 is 4.31 Å². The van der Waals surface area contributed by atoms with Gasteiger partial charge in [-0.05, 0) is 68.0 Å². The first-order valence-corrected chi connectivity index (χ1v) is 15.0. The number of ether oxygens (including phenoxy) is 1. The lowest BCUT2D eigenvalue weighted by atomic mass is 9.70. The molecule has 1 spiro atoms. The summed E-state index contributed by atoms with van der Waals surface area (Å²) in [7, 11) is -4.56. The Kier molecular flexibility index (Phi) is 6.85. The van der Waals surface area contributed by atoms with Crippen LogP contribution in [-0.2, 0) is 35.7 Å². The number of methoxy groups -OCH3 is 1. The number of nitrogens with zero attached hydrogens (tertiary/aromatic N) is 2. The summed E-state index contributed by atoms with van der Waals surface area (Å²) in [5.41, 5.74) is -1.57. The molecule has 210 valence electrons. The molecule has 2 aliphatic heterocycles. The fraction of sp³-hybridized carbons (Fsp3) is 0.440. The number of sulfonamides is 1. The van der Waals surface area contributed by atoms with Gasteiger partial charge in [0.05, 0.1) is 29.3 Å². The van der Waals surface area contributed by atoms with Crippen LogP contribution in [0.5, 0.6) is 0 Å². The van der Waals surface area contributed by atoms with Crippen LogP contribution in [-0.4, -0.2) is 51.1 Å². The third-order valence-electron chi connectivity index (χ3n) is 7.54. The second-order valence-electron chi connectivity index (χ2n) is 9.77. The Morgan fingerprint density at radius 2 is 1.67 bits per heavy atom. The number of carbonyl (C=O) groups excluding carboxylic acids is 2. The molecule has 2 fully saturated rings. The van der Waals surface area contributed by atoms with Crippen molar-refractivity contribution >= 4 is 38.3 Å². The van der Waals surface area contributed by atoms with Crippen molar-refractivity contribution in [3.05, 3.63) is 59.2 Å². The standard InChI is InChI=1S/C25H23F5N2O5S2/c1-37-22(33)17-8-9-18-19(20(17)27)24(10-12-38(13-11-24)31-23(34)25(28,29)30)21(14-2-3-14)32(18)39(35,36)16-6-4-15(26)5-7-16/h4-9,14,21H,2-3,10-13H2,1H3. The highest BCUT2D eigenvalue weighted by molar-refractivity contribution is 7.93. The van der Waals surface area contributed by atoms with Crippen molar-refractivity contribution in [3.63, 3.8) is 0 Å². The third-order valence-corrected chi connectivity index (χ3v) is 11.1. The van der Waals surface area contributed by atoms with Crippen molar-refractivity contribution in [2.45, 2.75) is 48.2 Å². The van der Waals surface area contributed by atoms with Crippen molar-refractivity contribution in [3.8, 4) is 0 Å². The summed E-state index contributed by atoms with van der Waals surface area (Å²) < 4.78 is 105. The monoisotopic (exact) mass is 590 g/mol. The van der Waals surface area contributed by atoms with Gasteiger partial charge in [0.2, 0.25) is 0 Å². The molecule has 0 aromatic heterocycles. The van der Waals surface area contributed by atoms with E-state index < -0.39 is 67.4 Å². The summed E-state index contributed by atoms with van der Waals surface area (Å²) in [6.07, 6.45) is -3.72. The number of carbonyl (C=O) groups is 2. The lowest BCUT2D eigenvalue weighted by molar-refractivity contribution is -0.169. The van der Waals surface area contributed by atoms with Gasteiger partial charge in [0, 0.05) is 22.5 Å². The number of rotatable bonds is 4. The van der Waals surface area contributed by atoms with Crippen molar-refractivity contribution in [1.82, 2.24) is 0 Å². The zero-order valence-corrected chi connectivity index (χ0v) is 22.1. The lowest BCUT2D eigenvalue weighted by Crippen LogP contribution is -2.51. The van der Waals surface area contributed by atoms with Crippen LogP contribution in [0.4, 0.5) is 27.6 Å². The smallest absolute Gasteiger partial charge is 0.465 e. The molecule has 0 radical (unpaired) electrons. The minimum Gasteiger partial charge on any atom is -0.465 e. The fourth-order valence-electron chi connectivity index (χ4n) is 5.70. The predicted octanol–water partition coefficient (Wildman–Crippen LogP) is 4.66. The Morgan fingerprint density at radius 1 is 1.05 bits per heavy atom. The fourth-order valence-corrected chi connectivity index (χ4v) is 9.42. The Bertz CT molecular complexity index is 1480. The van der Waals surface area contributed by atoms with E-state index in [2.05, 4.69) is 4.36 Å². The highest BCUT2D eigenvalue weighted by Gasteiger charge is 2.61. The second-order valence-corrected chi connectivity index (χ2v) is 13.5. The molecule has 1 aliphatic carbocycles. The maximum atomic E-state index is 16.2. The molecule has 3 aliphatic rings. The van der Waals surface area contributed by atoms with Gasteiger partial charge in [-0.25, -0.2) is 22.0 Å². The third kappa shape index (κ3) is 4.64. The molecule has 0 bridgehead atoms. The first kappa shape index (κ1) is 27.7. The van der Waals surface area contributed by atoms with Crippen LogP contribution in [0.3, 0.4) is 0 Å². The number of hydrogen-bond acceptors (Lipinski definition) is 5. The molecule has 1 unspecified atom stereocenters. The maximum absolute atomic E-state index is 16.2. The maximum Gasteiger partial charge on any atom is 0.474 e. The van der Waals surface area contributed by atoms with Crippen LogP contribution in [0.25, 0.3) is 0 Å². The molecular weight excluding hydrogens is 567 g/mol. The van der Waals surface area contributed by atoms with Crippen LogP contribution >= 0.6 is 0 Å². The highest BCUT2D eigenvalue weighted by atomic mass is 32.2. The molecule has 1 atom stereocenters. The van der Waals surface area contributed by atoms with E-state index in [1.54, 1.807) is 0 Å². The Labute approximate surface area is 223 Å². The van der Waals surface area contributed by atoms with Crippen LogP contribution in [0.2, 0.25) is 0 Å². The Balaban J connectivity index is 1.67. The second kappa shape index (κ2) is 9.65. The zero-order chi connectivity index (χ0) is 28.3. The number of alkyl halides is 3. The summed E-state index contributed by atoms with van der Waals surface area (Å²) in [6, 6.07) is 5.89. The molecule has 5 rings (SSSR count). The average Bonchev–Trinajstić information content (AvgIpc) is 3.68. The normalized spacial score (nSPS) is 24.9. The van der Waals surface area contributed by atoms with Gasteiger partial charge < -0.3 is 4.74 Å². The number of benzene rings is 2. The first-order chi connectivity index (χ1) is 18.3. The number of hydrogen-bond donors (Lipinski definition) is 0. The van der Waals surface area contributed by atoms with Crippen molar-refractivity contribution in [2.24, 2.45) is 10.3 Å². The van der Waals surface area contributed by atoms with Gasteiger partial charge in [0.25, 0.3) is 10.0 Å². The van der Waals surface area contributed by atoms with E-state index in [1.165, 1.54) is 6.07 Å². The number of halogens is 5. The highest BCUT2D eigenvalue weighted by Crippen LogP contribution is 2.60. The minimum atomic E-state index is -5.11. The van der Waals surface area contributed by atoms with Crippen molar-refractivity contribution < 1.29 is 44.7 Å². The molecule has 2 aromatic carbocycles. The van der Waals surface area contributed by atoms with E-state index in [0.29, 0.717) is 12.8 Å². The topological polar surface area (TPSA) is 93.1 Å². The molecule has 2 aromatic rings. The summed E-state index contributed by atoms with van der Waals surface area (Å²) >= 11 is 0. The van der Waals surface area contributed by atoms with Gasteiger partial charge in [-0.3, -0.25) is 9.10 Å². The quantitative estimate of drug-likeness (QED) is 0.382. The van der Waals surface area contributed by atoms with Gasteiger partial charge in [-0.1, -0.05) is 10.7 Å². The number of esters is 1. The molecule has 1 saturated heterocycles. The molecule has 1 amide bonds. The van der Waals surface area contributed by atoms with Crippen LogP contribution in [0.1, 0.15) is 41.6 Å². The molecule has 0 N–H and O–H groups in total. The largest absolute Gasteiger partial charge is 0.474 e. The number of amides is 1. The Morgan fingerprint density at radius 3 is 2.21 bits per heavy atom. The molecule has 2 heterocycles. The molecule has 14 heteroatoms. The summed E-state index contributed by atoms with van der Waals surface area (Å²) in [5.74, 6) is -4.90. The molecule has 7 nitrogen and oxygen atoms in total. The summed E-state index contributed by atoms with van der Waals surface area (Å²) in [5, 5.41) is 0. The van der Waals surface area contributed by atoms with Gasteiger partial charge in [-0.15, -0.1) is 0 Å². The van der Waals surface area contributed by atoms with Gasteiger partial charge in [0.15, 0.2) is 0 Å². The number of fused-ring (bicyclic) bond motifs is 2.